The van der Waals surface area contributed by atoms with Crippen LogP contribution in [0, 0.1) is 0 Å². The van der Waals surface area contributed by atoms with Gasteiger partial charge in [-0.3, -0.25) is 14.5 Å². The highest BCUT2D eigenvalue weighted by Crippen LogP contribution is 2.21. The third-order valence-corrected chi connectivity index (χ3v) is 6.79. The Bertz CT molecular complexity index is 1140. The molecule has 0 saturated carbocycles. The minimum Gasteiger partial charge on any atom is -0.451 e. The van der Waals surface area contributed by atoms with Gasteiger partial charge in [0.2, 0.25) is 0 Å². The Morgan fingerprint density at radius 1 is 0.882 bits per heavy atom. The SMILES string of the molecule is CC(=O)c1ccc(C(=O)OCC(=O)Nc2ccc(N3CCN(Cc4ccccc4)CC3)cc2)s1. The highest BCUT2D eigenvalue weighted by molar-refractivity contribution is 7.15. The van der Waals surface area contributed by atoms with Crippen LogP contribution in [-0.2, 0) is 16.1 Å². The number of thiophene rings is 1. The molecular weight excluding hydrogens is 450 g/mol. The van der Waals surface area contributed by atoms with Crippen LogP contribution >= 0.6 is 11.3 Å². The molecule has 1 aliphatic heterocycles. The summed E-state index contributed by atoms with van der Waals surface area (Å²) in [6.07, 6.45) is 0. The van der Waals surface area contributed by atoms with E-state index in [1.807, 2.05) is 30.3 Å². The van der Waals surface area contributed by atoms with Crippen LogP contribution in [-0.4, -0.2) is 55.3 Å². The average Bonchev–Trinajstić information content (AvgIpc) is 3.35. The summed E-state index contributed by atoms with van der Waals surface area (Å²) in [7, 11) is 0. The first-order chi connectivity index (χ1) is 16.5. The number of hydrogen-bond donors (Lipinski definition) is 1. The molecule has 0 spiro atoms. The van der Waals surface area contributed by atoms with Crippen molar-refractivity contribution < 1.29 is 19.1 Å². The van der Waals surface area contributed by atoms with Crippen molar-refractivity contribution in [3.05, 3.63) is 82.0 Å². The molecule has 1 N–H and O–H groups in total. The molecule has 1 amide bonds. The van der Waals surface area contributed by atoms with Gasteiger partial charge in [0.1, 0.15) is 4.88 Å². The minimum atomic E-state index is -0.616. The topological polar surface area (TPSA) is 78.9 Å². The van der Waals surface area contributed by atoms with Gasteiger partial charge < -0.3 is 15.0 Å². The highest BCUT2D eigenvalue weighted by Gasteiger charge is 2.18. The van der Waals surface area contributed by atoms with Crippen LogP contribution in [0.3, 0.4) is 0 Å². The fraction of sp³-hybridized carbons (Fsp3) is 0.269. The third-order valence-electron chi connectivity index (χ3n) is 5.63. The van der Waals surface area contributed by atoms with Crippen LogP contribution in [0.4, 0.5) is 11.4 Å². The van der Waals surface area contributed by atoms with E-state index in [-0.39, 0.29) is 5.78 Å². The van der Waals surface area contributed by atoms with Crippen LogP contribution in [0.1, 0.15) is 31.8 Å². The number of nitrogens with zero attached hydrogens (tertiary/aromatic N) is 2. The number of amides is 1. The van der Waals surface area contributed by atoms with Crippen LogP contribution in [0.25, 0.3) is 0 Å². The van der Waals surface area contributed by atoms with Gasteiger partial charge in [0.15, 0.2) is 12.4 Å². The van der Waals surface area contributed by atoms with E-state index in [2.05, 4.69) is 39.4 Å². The van der Waals surface area contributed by atoms with Crippen molar-refractivity contribution in [3.8, 4) is 0 Å². The highest BCUT2D eigenvalue weighted by atomic mass is 32.1. The number of nitrogens with one attached hydrogen (secondary N) is 1. The predicted octanol–water partition coefficient (Wildman–Crippen LogP) is 4.07. The number of ketones is 1. The maximum absolute atomic E-state index is 12.2. The molecule has 0 bridgehead atoms. The molecule has 0 unspecified atom stereocenters. The fourth-order valence-electron chi connectivity index (χ4n) is 3.80. The first-order valence-electron chi connectivity index (χ1n) is 11.2. The second kappa shape index (κ2) is 11.1. The quantitative estimate of drug-likeness (QED) is 0.389. The lowest BCUT2D eigenvalue weighted by Crippen LogP contribution is -2.45. The van der Waals surface area contributed by atoms with E-state index in [1.165, 1.54) is 18.6 Å². The Balaban J connectivity index is 1.21. The molecule has 1 aromatic heterocycles. The van der Waals surface area contributed by atoms with Crippen molar-refractivity contribution in [1.82, 2.24) is 4.90 Å². The number of hydrogen-bond acceptors (Lipinski definition) is 7. The van der Waals surface area contributed by atoms with E-state index in [1.54, 1.807) is 6.07 Å². The summed E-state index contributed by atoms with van der Waals surface area (Å²) in [5.41, 5.74) is 3.09. The molecule has 1 aliphatic rings. The van der Waals surface area contributed by atoms with Gasteiger partial charge in [-0.05, 0) is 48.9 Å². The van der Waals surface area contributed by atoms with Gasteiger partial charge in [-0.1, -0.05) is 30.3 Å². The van der Waals surface area contributed by atoms with E-state index < -0.39 is 18.5 Å². The largest absolute Gasteiger partial charge is 0.451 e. The molecule has 1 fully saturated rings. The van der Waals surface area contributed by atoms with Gasteiger partial charge in [0, 0.05) is 44.1 Å². The maximum atomic E-state index is 12.2. The number of anilines is 2. The number of Topliss-reactive ketones (excluding diaryl/α,β-unsaturated/α-hetero) is 1. The number of rotatable bonds is 8. The summed E-state index contributed by atoms with van der Waals surface area (Å²) in [5.74, 6) is -1.15. The summed E-state index contributed by atoms with van der Waals surface area (Å²) < 4.78 is 5.06. The van der Waals surface area contributed by atoms with Gasteiger partial charge in [0.25, 0.3) is 5.91 Å². The van der Waals surface area contributed by atoms with Crippen molar-refractivity contribution in [3.63, 3.8) is 0 Å². The zero-order chi connectivity index (χ0) is 23.9. The predicted molar refractivity (Wildman–Crippen MR) is 134 cm³/mol. The number of esters is 1. The molecule has 0 radical (unpaired) electrons. The van der Waals surface area contributed by atoms with E-state index in [4.69, 9.17) is 4.74 Å². The minimum absolute atomic E-state index is 0.112. The lowest BCUT2D eigenvalue weighted by atomic mass is 10.2. The van der Waals surface area contributed by atoms with E-state index >= 15 is 0 Å². The Labute approximate surface area is 202 Å². The molecule has 1 saturated heterocycles. The average molecular weight is 478 g/mol. The molecule has 34 heavy (non-hydrogen) atoms. The molecule has 2 heterocycles. The van der Waals surface area contributed by atoms with Gasteiger partial charge in [0.05, 0.1) is 4.88 Å². The van der Waals surface area contributed by atoms with Crippen LogP contribution in [0.5, 0.6) is 0 Å². The van der Waals surface area contributed by atoms with Crippen LogP contribution in [0.2, 0.25) is 0 Å². The summed E-state index contributed by atoms with van der Waals surface area (Å²) in [5, 5.41) is 2.74. The molecule has 7 nitrogen and oxygen atoms in total. The Hall–Kier alpha value is -3.49. The first-order valence-corrected chi connectivity index (χ1v) is 12.0. The van der Waals surface area contributed by atoms with Gasteiger partial charge >= 0.3 is 5.97 Å². The summed E-state index contributed by atoms with van der Waals surface area (Å²) in [6, 6.07) is 21.3. The van der Waals surface area contributed by atoms with Crippen molar-refractivity contribution in [1.29, 1.82) is 0 Å². The summed E-state index contributed by atoms with van der Waals surface area (Å²) in [6.45, 7) is 5.90. The monoisotopic (exact) mass is 477 g/mol. The van der Waals surface area contributed by atoms with E-state index in [9.17, 15) is 14.4 Å². The maximum Gasteiger partial charge on any atom is 0.348 e. The lowest BCUT2D eigenvalue weighted by molar-refractivity contribution is -0.119. The normalized spacial score (nSPS) is 14.0. The number of piperazine rings is 1. The molecule has 8 heteroatoms. The molecule has 4 rings (SSSR count). The smallest absolute Gasteiger partial charge is 0.348 e. The zero-order valence-corrected chi connectivity index (χ0v) is 19.8. The van der Waals surface area contributed by atoms with Gasteiger partial charge in [-0.25, -0.2) is 4.79 Å². The summed E-state index contributed by atoms with van der Waals surface area (Å²) >= 11 is 1.06. The second-order valence-electron chi connectivity index (χ2n) is 8.14. The number of benzene rings is 2. The van der Waals surface area contributed by atoms with E-state index in [0.717, 1.165) is 49.7 Å². The first kappa shape index (κ1) is 23.7. The molecule has 176 valence electrons. The fourth-order valence-corrected chi connectivity index (χ4v) is 4.59. The Morgan fingerprint density at radius 2 is 1.56 bits per heavy atom. The number of carbonyl (C=O) groups excluding carboxylic acids is 3. The van der Waals surface area contributed by atoms with Crippen molar-refractivity contribution in [2.24, 2.45) is 0 Å². The molecule has 0 atom stereocenters. The Morgan fingerprint density at radius 3 is 2.21 bits per heavy atom. The molecular formula is C26H27N3O4S. The van der Waals surface area contributed by atoms with Crippen LogP contribution < -0.4 is 10.2 Å². The molecule has 0 aliphatic carbocycles. The summed E-state index contributed by atoms with van der Waals surface area (Å²) in [4.78, 5) is 41.2. The lowest BCUT2D eigenvalue weighted by Gasteiger charge is -2.36. The van der Waals surface area contributed by atoms with Gasteiger partial charge in [-0.2, -0.15) is 0 Å². The van der Waals surface area contributed by atoms with Crippen LogP contribution in [0.15, 0.2) is 66.7 Å². The molecule has 2 aromatic carbocycles. The molecule has 3 aromatic rings. The van der Waals surface area contributed by atoms with Gasteiger partial charge in [-0.15, -0.1) is 11.3 Å². The Kier molecular flexibility index (Phi) is 7.72. The van der Waals surface area contributed by atoms with E-state index in [0.29, 0.717) is 15.4 Å². The number of carbonyl (C=O) groups is 3. The van der Waals surface area contributed by atoms with Crippen molar-refractivity contribution >= 4 is 40.4 Å². The van der Waals surface area contributed by atoms with Crippen molar-refractivity contribution in [2.45, 2.75) is 13.5 Å². The zero-order valence-electron chi connectivity index (χ0n) is 19.0. The van der Waals surface area contributed by atoms with Crippen molar-refractivity contribution in [2.75, 3.05) is 43.0 Å². The number of ether oxygens (including phenoxy) is 1. The third kappa shape index (κ3) is 6.30. The standard InChI is InChI=1S/C26H27N3O4S/c1-19(30)23-11-12-24(34-23)26(32)33-18-25(31)27-21-7-9-22(10-8-21)29-15-13-28(14-16-29)17-20-5-3-2-4-6-20/h2-12H,13-18H2,1H3,(H,27,31). The second-order valence-corrected chi connectivity index (χ2v) is 9.22.